The quantitative estimate of drug-likeness (QED) is 0.863. The first-order valence-corrected chi connectivity index (χ1v) is 5.83. The van der Waals surface area contributed by atoms with Gasteiger partial charge in [-0.3, -0.25) is 0 Å². The Hall–Kier alpha value is -2.07. The van der Waals surface area contributed by atoms with Crippen LogP contribution in [0.1, 0.15) is 15.9 Å². The molecule has 0 N–H and O–H groups in total. The highest BCUT2D eigenvalue weighted by Crippen LogP contribution is 2.23. The van der Waals surface area contributed by atoms with Gasteiger partial charge in [0.25, 0.3) is 0 Å². The molecule has 2 aromatic rings. The number of carbonyl (C=O) groups is 1. The number of aromatic carboxylic acids is 1. The monoisotopic (exact) mass is 279 g/mol. The lowest BCUT2D eigenvalue weighted by Gasteiger charge is -2.12. The number of halogens is 2. The lowest BCUT2D eigenvalue weighted by Crippen LogP contribution is -2.23. The second-order valence-corrected chi connectivity index (χ2v) is 4.24. The van der Waals surface area contributed by atoms with Crippen molar-refractivity contribution in [1.29, 1.82) is 0 Å². The van der Waals surface area contributed by atoms with E-state index in [1.807, 2.05) is 0 Å². The molecule has 0 aliphatic rings. The molecule has 0 atom stereocenters. The fourth-order valence-electron chi connectivity index (χ4n) is 1.56. The van der Waals surface area contributed by atoms with Crippen molar-refractivity contribution in [3.63, 3.8) is 0 Å². The van der Waals surface area contributed by atoms with Gasteiger partial charge >= 0.3 is 0 Å². The largest absolute Gasteiger partial charge is 0.545 e. The third kappa shape index (κ3) is 3.23. The van der Waals surface area contributed by atoms with E-state index in [1.165, 1.54) is 24.3 Å². The molecular formula is C14H9ClFO3-. The number of ether oxygens (including phenoxy) is 1. The molecule has 98 valence electrons. The fourth-order valence-corrected chi connectivity index (χ4v) is 1.73. The van der Waals surface area contributed by atoms with Crippen molar-refractivity contribution in [2.45, 2.75) is 6.61 Å². The summed E-state index contributed by atoms with van der Waals surface area (Å²) in [5.74, 6) is -1.72. The first-order chi connectivity index (χ1) is 9.08. The van der Waals surface area contributed by atoms with Gasteiger partial charge in [-0.15, -0.1) is 0 Å². The van der Waals surface area contributed by atoms with Crippen molar-refractivity contribution in [2.75, 3.05) is 0 Å². The zero-order valence-corrected chi connectivity index (χ0v) is 10.5. The summed E-state index contributed by atoms with van der Waals surface area (Å²) in [4.78, 5) is 10.9. The Morgan fingerprint density at radius 1 is 1.26 bits per heavy atom. The van der Waals surface area contributed by atoms with Crippen molar-refractivity contribution >= 4 is 17.6 Å². The molecule has 0 heterocycles. The van der Waals surface area contributed by atoms with Crippen LogP contribution in [0.3, 0.4) is 0 Å². The number of rotatable bonds is 4. The van der Waals surface area contributed by atoms with Crippen molar-refractivity contribution in [2.24, 2.45) is 0 Å². The molecule has 0 radical (unpaired) electrons. The Bertz CT molecular complexity index is 613. The molecule has 2 rings (SSSR count). The van der Waals surface area contributed by atoms with E-state index in [0.717, 1.165) is 0 Å². The Kier molecular flexibility index (Phi) is 4.02. The number of hydrogen-bond acceptors (Lipinski definition) is 3. The van der Waals surface area contributed by atoms with Gasteiger partial charge < -0.3 is 14.6 Å². The minimum Gasteiger partial charge on any atom is -0.545 e. The third-order valence-corrected chi connectivity index (χ3v) is 2.74. The molecule has 0 unspecified atom stereocenters. The molecule has 0 bridgehead atoms. The standard InChI is InChI=1S/C14H10ClFO3/c15-10-5-6-13(11(7-10)14(17)18)19-8-9-3-1-2-4-12(9)16/h1-7H,8H2,(H,17,18)/p-1. The number of hydrogen-bond donors (Lipinski definition) is 0. The van der Waals surface area contributed by atoms with Crippen molar-refractivity contribution in [1.82, 2.24) is 0 Å². The van der Waals surface area contributed by atoms with Crippen LogP contribution in [-0.2, 0) is 6.61 Å². The van der Waals surface area contributed by atoms with E-state index in [2.05, 4.69) is 0 Å². The predicted octanol–water partition coefficient (Wildman–Crippen LogP) is 2.42. The summed E-state index contributed by atoms with van der Waals surface area (Å²) < 4.78 is 18.7. The van der Waals surface area contributed by atoms with E-state index in [0.29, 0.717) is 5.56 Å². The maximum Gasteiger partial charge on any atom is 0.129 e. The maximum atomic E-state index is 13.4. The summed E-state index contributed by atoms with van der Waals surface area (Å²) in [6.07, 6.45) is 0. The van der Waals surface area contributed by atoms with E-state index < -0.39 is 11.8 Å². The summed E-state index contributed by atoms with van der Waals surface area (Å²) in [5.41, 5.74) is 0.172. The zero-order valence-electron chi connectivity index (χ0n) is 9.73. The molecule has 0 aromatic heterocycles. The molecular weight excluding hydrogens is 271 g/mol. The van der Waals surface area contributed by atoms with E-state index in [4.69, 9.17) is 16.3 Å². The Morgan fingerprint density at radius 3 is 2.68 bits per heavy atom. The third-order valence-electron chi connectivity index (χ3n) is 2.50. The van der Waals surface area contributed by atoms with Crippen molar-refractivity contribution in [3.05, 3.63) is 64.4 Å². The van der Waals surface area contributed by atoms with Crippen LogP contribution in [0.4, 0.5) is 4.39 Å². The second kappa shape index (κ2) is 5.71. The highest BCUT2D eigenvalue weighted by atomic mass is 35.5. The van der Waals surface area contributed by atoms with E-state index >= 15 is 0 Å². The van der Waals surface area contributed by atoms with E-state index in [1.54, 1.807) is 18.2 Å². The van der Waals surface area contributed by atoms with Crippen LogP contribution >= 0.6 is 11.6 Å². The van der Waals surface area contributed by atoms with E-state index in [-0.39, 0.29) is 22.9 Å². The minimum absolute atomic E-state index is 0.0748. The van der Waals surface area contributed by atoms with Crippen LogP contribution in [0.15, 0.2) is 42.5 Å². The number of carboxylic acid groups (broad SMARTS) is 1. The van der Waals surface area contributed by atoms with Crippen molar-refractivity contribution < 1.29 is 19.0 Å². The smallest absolute Gasteiger partial charge is 0.129 e. The molecule has 0 spiro atoms. The van der Waals surface area contributed by atoms with Gasteiger partial charge in [0.2, 0.25) is 0 Å². The van der Waals surface area contributed by atoms with Gasteiger partial charge in [0.05, 0.1) is 5.97 Å². The zero-order chi connectivity index (χ0) is 13.8. The average Bonchev–Trinajstić information content (AvgIpc) is 2.38. The molecule has 2 aromatic carbocycles. The molecule has 0 amide bonds. The second-order valence-electron chi connectivity index (χ2n) is 3.81. The Labute approximate surface area is 114 Å². The lowest BCUT2D eigenvalue weighted by atomic mass is 10.2. The normalized spacial score (nSPS) is 10.2. The molecule has 5 heteroatoms. The van der Waals surface area contributed by atoms with Gasteiger partial charge in [-0.1, -0.05) is 29.8 Å². The van der Waals surface area contributed by atoms with Gasteiger partial charge in [-0.05, 0) is 24.3 Å². The minimum atomic E-state index is -1.40. The lowest BCUT2D eigenvalue weighted by molar-refractivity contribution is -0.255. The van der Waals surface area contributed by atoms with Gasteiger partial charge in [0.15, 0.2) is 0 Å². The van der Waals surface area contributed by atoms with Crippen LogP contribution in [0.25, 0.3) is 0 Å². The summed E-state index contributed by atoms with van der Waals surface area (Å²) in [6.45, 7) is -0.0748. The maximum absolute atomic E-state index is 13.4. The average molecular weight is 280 g/mol. The SMILES string of the molecule is O=C([O-])c1cc(Cl)ccc1OCc1ccccc1F. The summed E-state index contributed by atoms with van der Waals surface area (Å²) in [5, 5.41) is 11.2. The summed E-state index contributed by atoms with van der Waals surface area (Å²) in [7, 11) is 0. The highest BCUT2D eigenvalue weighted by Gasteiger charge is 2.07. The van der Waals surface area contributed by atoms with Crippen molar-refractivity contribution in [3.8, 4) is 5.75 Å². The fraction of sp³-hybridized carbons (Fsp3) is 0.0714. The number of carbonyl (C=O) groups excluding carboxylic acids is 1. The number of carboxylic acids is 1. The molecule has 0 aliphatic carbocycles. The van der Waals surface area contributed by atoms with Crippen LogP contribution < -0.4 is 9.84 Å². The van der Waals surface area contributed by atoms with Crippen LogP contribution in [0.5, 0.6) is 5.75 Å². The number of benzene rings is 2. The van der Waals surface area contributed by atoms with Gasteiger partial charge in [0.1, 0.15) is 18.2 Å². The molecule has 3 nitrogen and oxygen atoms in total. The van der Waals surface area contributed by atoms with Crippen LogP contribution in [-0.4, -0.2) is 5.97 Å². The summed E-state index contributed by atoms with van der Waals surface area (Å²) >= 11 is 5.70. The van der Waals surface area contributed by atoms with Gasteiger partial charge in [0, 0.05) is 16.1 Å². The summed E-state index contributed by atoms with van der Waals surface area (Å²) in [6, 6.07) is 10.2. The molecule has 0 aliphatic heterocycles. The predicted molar refractivity (Wildman–Crippen MR) is 66.5 cm³/mol. The molecule has 0 saturated carbocycles. The Morgan fingerprint density at radius 2 is 2.00 bits per heavy atom. The Balaban J connectivity index is 2.20. The topological polar surface area (TPSA) is 49.4 Å². The van der Waals surface area contributed by atoms with E-state index in [9.17, 15) is 14.3 Å². The molecule has 19 heavy (non-hydrogen) atoms. The van der Waals surface area contributed by atoms with Crippen LogP contribution in [0.2, 0.25) is 5.02 Å². The first kappa shape index (κ1) is 13.4. The molecule has 0 saturated heterocycles. The highest BCUT2D eigenvalue weighted by molar-refractivity contribution is 6.31. The van der Waals surface area contributed by atoms with Gasteiger partial charge in [-0.25, -0.2) is 4.39 Å². The van der Waals surface area contributed by atoms with Gasteiger partial charge in [-0.2, -0.15) is 0 Å². The molecule has 0 fully saturated rings. The first-order valence-electron chi connectivity index (χ1n) is 5.45. The van der Waals surface area contributed by atoms with Crippen LogP contribution in [0, 0.1) is 5.82 Å².